The van der Waals surface area contributed by atoms with E-state index in [9.17, 15) is 4.79 Å². The van der Waals surface area contributed by atoms with Gasteiger partial charge in [0.05, 0.1) is 0 Å². The minimum absolute atomic E-state index is 0. The molecule has 138 valence electrons. The molecule has 1 heterocycles. The van der Waals surface area contributed by atoms with Crippen molar-refractivity contribution in [3.8, 4) is 0 Å². The lowest BCUT2D eigenvalue weighted by Gasteiger charge is -2.57. The van der Waals surface area contributed by atoms with Gasteiger partial charge in [-0.2, -0.15) is 0 Å². The fourth-order valence-corrected chi connectivity index (χ4v) is 5.36. The van der Waals surface area contributed by atoms with Gasteiger partial charge in [0.25, 0.3) is 0 Å². The highest BCUT2D eigenvalue weighted by atomic mass is 35.5. The number of hydrogen-bond donors (Lipinski definition) is 1. The molecule has 5 heteroatoms. The number of hydrogen-bond acceptors (Lipinski definition) is 3. The molecule has 3 fully saturated rings. The molecule has 2 bridgehead atoms. The molecule has 3 atom stereocenters. The Labute approximate surface area is 156 Å². The summed E-state index contributed by atoms with van der Waals surface area (Å²) in [4.78, 5) is 14.4. The number of ether oxygens (including phenoxy) is 1. The molecule has 3 aliphatic rings. The van der Waals surface area contributed by atoms with Crippen molar-refractivity contribution >= 4 is 18.3 Å². The number of carbonyl (C=O) groups is 1. The van der Waals surface area contributed by atoms with Crippen LogP contribution in [0.4, 0.5) is 0 Å². The van der Waals surface area contributed by atoms with Crippen LogP contribution < -0.4 is 5.73 Å². The van der Waals surface area contributed by atoms with Crippen LogP contribution in [-0.4, -0.2) is 37.0 Å². The number of amides is 1. The van der Waals surface area contributed by atoms with Crippen molar-refractivity contribution in [2.45, 2.75) is 50.2 Å². The van der Waals surface area contributed by atoms with Gasteiger partial charge < -0.3 is 10.5 Å². The van der Waals surface area contributed by atoms with E-state index >= 15 is 0 Å². The van der Waals surface area contributed by atoms with E-state index in [-0.39, 0.29) is 23.9 Å². The summed E-state index contributed by atoms with van der Waals surface area (Å²) in [5.41, 5.74) is 6.98. The number of nitrogens with two attached hydrogens (primary N) is 1. The minimum Gasteiger partial charge on any atom is -0.373 e. The van der Waals surface area contributed by atoms with Crippen LogP contribution >= 0.6 is 12.4 Å². The van der Waals surface area contributed by atoms with Gasteiger partial charge in [0.15, 0.2) is 0 Å². The van der Waals surface area contributed by atoms with Crippen molar-refractivity contribution in [2.24, 2.45) is 17.6 Å². The van der Waals surface area contributed by atoms with E-state index in [0.717, 1.165) is 24.7 Å². The molecule has 1 aromatic rings. The van der Waals surface area contributed by atoms with Crippen molar-refractivity contribution in [2.75, 3.05) is 20.2 Å². The van der Waals surface area contributed by atoms with E-state index < -0.39 is 0 Å². The second-order valence-corrected chi connectivity index (χ2v) is 7.81. The highest BCUT2D eigenvalue weighted by Gasteiger charge is 2.54. The van der Waals surface area contributed by atoms with Crippen LogP contribution in [0.2, 0.25) is 0 Å². The molecule has 1 aliphatic heterocycles. The SMILES string of the molecule is CO[C@@]1(c2cccc(C(N)=O)c2)[C@@H]2CCC[C@H]1CN(C1CCC1)C2.Cl. The largest absolute Gasteiger partial charge is 0.373 e. The molecule has 1 amide bonds. The van der Waals surface area contributed by atoms with E-state index in [1.54, 1.807) is 6.07 Å². The summed E-state index contributed by atoms with van der Waals surface area (Å²) in [6.07, 6.45) is 7.79. The van der Waals surface area contributed by atoms with E-state index in [0.29, 0.717) is 17.4 Å². The van der Waals surface area contributed by atoms with Gasteiger partial charge in [-0.3, -0.25) is 9.69 Å². The molecule has 2 aliphatic carbocycles. The number of fused-ring (bicyclic) bond motifs is 2. The van der Waals surface area contributed by atoms with Gasteiger partial charge in [-0.05, 0) is 43.4 Å². The first-order valence-corrected chi connectivity index (χ1v) is 9.34. The molecule has 2 N–H and O–H groups in total. The Morgan fingerprint density at radius 3 is 2.32 bits per heavy atom. The number of nitrogens with zero attached hydrogens (tertiary/aromatic N) is 1. The number of primary amides is 1. The first-order valence-electron chi connectivity index (χ1n) is 9.34. The Bertz CT molecular complexity index is 618. The minimum atomic E-state index is -0.361. The highest BCUT2D eigenvalue weighted by molar-refractivity contribution is 5.92. The first-order chi connectivity index (χ1) is 11.6. The van der Waals surface area contributed by atoms with Gasteiger partial charge in [0.1, 0.15) is 5.60 Å². The fraction of sp³-hybridized carbons (Fsp3) is 0.650. The summed E-state index contributed by atoms with van der Waals surface area (Å²) in [5, 5.41) is 0. The lowest BCUT2D eigenvalue weighted by molar-refractivity contribution is -0.177. The molecule has 0 aromatic heterocycles. The molecule has 1 aromatic carbocycles. The number of methoxy groups -OCH3 is 1. The third kappa shape index (κ3) is 2.98. The normalized spacial score (nSPS) is 32.5. The average Bonchev–Trinajstić information content (AvgIpc) is 2.52. The van der Waals surface area contributed by atoms with Crippen LogP contribution in [0.3, 0.4) is 0 Å². The number of likely N-dealkylation sites (tertiary alicyclic amines) is 1. The Morgan fingerprint density at radius 2 is 1.80 bits per heavy atom. The van der Waals surface area contributed by atoms with Crippen LogP contribution in [-0.2, 0) is 10.3 Å². The van der Waals surface area contributed by atoms with Gasteiger partial charge in [0.2, 0.25) is 5.91 Å². The lowest BCUT2D eigenvalue weighted by atomic mass is 9.61. The van der Waals surface area contributed by atoms with Crippen LogP contribution in [0.15, 0.2) is 24.3 Å². The van der Waals surface area contributed by atoms with Crippen molar-refractivity contribution in [1.29, 1.82) is 0 Å². The molecular formula is C20H29ClN2O2. The second kappa shape index (κ2) is 7.26. The summed E-state index contributed by atoms with van der Waals surface area (Å²) in [5.74, 6) is 0.637. The van der Waals surface area contributed by atoms with Crippen molar-refractivity contribution in [3.05, 3.63) is 35.4 Å². The highest BCUT2D eigenvalue weighted by Crippen LogP contribution is 2.52. The van der Waals surface area contributed by atoms with Crippen LogP contribution in [0, 0.1) is 11.8 Å². The number of rotatable bonds is 4. The van der Waals surface area contributed by atoms with Crippen LogP contribution in [0.1, 0.15) is 54.4 Å². The number of halogens is 1. The molecule has 4 nitrogen and oxygen atoms in total. The van der Waals surface area contributed by atoms with Crippen molar-refractivity contribution in [1.82, 2.24) is 4.90 Å². The second-order valence-electron chi connectivity index (χ2n) is 7.81. The number of carbonyl (C=O) groups excluding carboxylic acids is 1. The van der Waals surface area contributed by atoms with Gasteiger partial charge in [0, 0.05) is 43.6 Å². The van der Waals surface area contributed by atoms with Crippen LogP contribution in [0.5, 0.6) is 0 Å². The van der Waals surface area contributed by atoms with Gasteiger partial charge in [-0.15, -0.1) is 12.4 Å². The molecular weight excluding hydrogens is 336 g/mol. The lowest BCUT2D eigenvalue weighted by Crippen LogP contribution is -2.61. The van der Waals surface area contributed by atoms with Gasteiger partial charge in [-0.1, -0.05) is 25.0 Å². The molecule has 2 saturated carbocycles. The quantitative estimate of drug-likeness (QED) is 0.891. The number of piperidine rings is 1. The maximum Gasteiger partial charge on any atom is 0.248 e. The maximum absolute atomic E-state index is 11.6. The summed E-state index contributed by atoms with van der Waals surface area (Å²) in [7, 11) is 1.85. The van der Waals surface area contributed by atoms with Gasteiger partial charge >= 0.3 is 0 Å². The van der Waals surface area contributed by atoms with Crippen molar-refractivity contribution in [3.63, 3.8) is 0 Å². The third-order valence-corrected chi connectivity index (χ3v) is 6.76. The zero-order chi connectivity index (χ0) is 16.7. The Kier molecular flexibility index (Phi) is 5.42. The molecule has 0 unspecified atom stereocenters. The predicted molar refractivity (Wildman–Crippen MR) is 101 cm³/mol. The van der Waals surface area contributed by atoms with Crippen LogP contribution in [0.25, 0.3) is 0 Å². The Morgan fingerprint density at radius 1 is 1.16 bits per heavy atom. The maximum atomic E-state index is 11.6. The summed E-state index contributed by atoms with van der Waals surface area (Å²) in [6.45, 7) is 2.24. The zero-order valence-corrected chi connectivity index (χ0v) is 15.8. The summed E-state index contributed by atoms with van der Waals surface area (Å²) in [6, 6.07) is 8.63. The first kappa shape index (κ1) is 18.7. The molecule has 25 heavy (non-hydrogen) atoms. The average molecular weight is 365 g/mol. The molecule has 0 radical (unpaired) electrons. The topological polar surface area (TPSA) is 55.6 Å². The fourth-order valence-electron chi connectivity index (χ4n) is 5.36. The van der Waals surface area contributed by atoms with E-state index in [4.69, 9.17) is 10.5 Å². The van der Waals surface area contributed by atoms with Crippen molar-refractivity contribution < 1.29 is 9.53 Å². The summed E-state index contributed by atoms with van der Waals surface area (Å²) >= 11 is 0. The van der Waals surface area contributed by atoms with E-state index in [1.165, 1.54) is 38.5 Å². The van der Waals surface area contributed by atoms with Gasteiger partial charge in [-0.25, -0.2) is 0 Å². The monoisotopic (exact) mass is 364 g/mol. The molecule has 0 spiro atoms. The standard InChI is InChI=1S/C20H28N2O2.ClH/c1-24-20(15-6-2-5-14(11-15)19(21)23)16-7-3-8-17(20)13-22(12-16)18-9-4-10-18;/h2,5-6,11,16-18H,3-4,7-10,12-13H2,1H3,(H2,21,23);1H/t16-,17+,20+;. The summed E-state index contributed by atoms with van der Waals surface area (Å²) < 4.78 is 6.27. The predicted octanol–water partition coefficient (Wildman–Crippen LogP) is 3.33. The van der Waals surface area contributed by atoms with E-state index in [2.05, 4.69) is 11.0 Å². The molecule has 1 saturated heterocycles. The zero-order valence-electron chi connectivity index (χ0n) is 14.9. The van der Waals surface area contributed by atoms with E-state index in [1.807, 2.05) is 19.2 Å². The smallest absolute Gasteiger partial charge is 0.248 e. The Hall–Kier alpha value is -1.10. The Balaban J connectivity index is 0.00000182. The third-order valence-electron chi connectivity index (χ3n) is 6.76. The number of benzene rings is 1. The molecule has 4 rings (SSSR count).